The van der Waals surface area contributed by atoms with Gasteiger partial charge in [-0.15, -0.1) is 0 Å². The topological polar surface area (TPSA) is 69.7 Å². The summed E-state index contributed by atoms with van der Waals surface area (Å²) >= 11 is 0. The molecule has 0 radical (unpaired) electrons. The minimum absolute atomic E-state index is 0.0126. The molecule has 1 N–H and O–H groups in total. The van der Waals surface area contributed by atoms with E-state index in [1.165, 1.54) is 12.8 Å². The summed E-state index contributed by atoms with van der Waals surface area (Å²) in [7, 11) is 0. The molecule has 6 heteroatoms. The SMILES string of the molecule is O=C(NC1CCCC1)[C@H]1CCN(C(=O)CN2CCCCCC2=O)C1. The summed E-state index contributed by atoms with van der Waals surface area (Å²) in [6, 6.07) is 0.331. The molecule has 134 valence electrons. The lowest BCUT2D eigenvalue weighted by atomic mass is 10.1. The van der Waals surface area contributed by atoms with Crippen molar-refractivity contribution in [3.63, 3.8) is 0 Å². The van der Waals surface area contributed by atoms with Crippen molar-refractivity contribution in [1.29, 1.82) is 0 Å². The maximum atomic E-state index is 12.5. The van der Waals surface area contributed by atoms with Crippen molar-refractivity contribution >= 4 is 17.7 Å². The maximum absolute atomic E-state index is 12.5. The van der Waals surface area contributed by atoms with E-state index in [0.29, 0.717) is 32.1 Å². The quantitative estimate of drug-likeness (QED) is 0.842. The average molecular weight is 335 g/mol. The van der Waals surface area contributed by atoms with E-state index in [0.717, 1.165) is 38.5 Å². The van der Waals surface area contributed by atoms with Gasteiger partial charge in [0.05, 0.1) is 12.5 Å². The third-order valence-electron chi connectivity index (χ3n) is 5.61. The first-order valence-electron chi connectivity index (χ1n) is 9.49. The fourth-order valence-electron chi connectivity index (χ4n) is 4.06. The number of nitrogens with zero attached hydrogens (tertiary/aromatic N) is 2. The monoisotopic (exact) mass is 335 g/mol. The van der Waals surface area contributed by atoms with Crippen molar-refractivity contribution in [1.82, 2.24) is 15.1 Å². The van der Waals surface area contributed by atoms with Crippen molar-refractivity contribution in [2.75, 3.05) is 26.2 Å². The van der Waals surface area contributed by atoms with E-state index in [-0.39, 0.29) is 30.2 Å². The molecule has 1 saturated carbocycles. The molecule has 6 nitrogen and oxygen atoms in total. The first-order valence-corrected chi connectivity index (χ1v) is 9.49. The number of rotatable bonds is 4. The Morgan fingerprint density at radius 3 is 2.58 bits per heavy atom. The summed E-state index contributed by atoms with van der Waals surface area (Å²) < 4.78 is 0. The zero-order valence-corrected chi connectivity index (χ0v) is 14.5. The normalized spacial score (nSPS) is 25.8. The fourth-order valence-corrected chi connectivity index (χ4v) is 4.06. The van der Waals surface area contributed by atoms with E-state index >= 15 is 0 Å². The minimum Gasteiger partial charge on any atom is -0.353 e. The Morgan fingerprint density at radius 2 is 1.79 bits per heavy atom. The van der Waals surface area contributed by atoms with Crippen molar-refractivity contribution in [2.24, 2.45) is 5.92 Å². The molecule has 3 fully saturated rings. The Balaban J connectivity index is 1.46. The van der Waals surface area contributed by atoms with Gasteiger partial charge in [0, 0.05) is 32.1 Å². The molecular formula is C18H29N3O3. The molecule has 1 atom stereocenters. The van der Waals surface area contributed by atoms with E-state index in [1.807, 2.05) is 0 Å². The van der Waals surface area contributed by atoms with E-state index < -0.39 is 0 Å². The molecule has 24 heavy (non-hydrogen) atoms. The largest absolute Gasteiger partial charge is 0.353 e. The smallest absolute Gasteiger partial charge is 0.242 e. The highest BCUT2D eigenvalue weighted by Gasteiger charge is 2.33. The maximum Gasteiger partial charge on any atom is 0.242 e. The van der Waals surface area contributed by atoms with Crippen LogP contribution in [0.2, 0.25) is 0 Å². The van der Waals surface area contributed by atoms with Crippen molar-refractivity contribution in [2.45, 2.75) is 63.8 Å². The standard InChI is InChI=1S/C18H29N3O3/c22-16-8-2-1-5-10-20(16)13-17(23)21-11-9-14(12-21)18(24)19-15-6-3-4-7-15/h14-15H,1-13H2,(H,19,24)/t14-/m0/s1. The van der Waals surface area contributed by atoms with Gasteiger partial charge in [0.2, 0.25) is 17.7 Å². The summed E-state index contributed by atoms with van der Waals surface area (Å²) in [5, 5.41) is 3.14. The van der Waals surface area contributed by atoms with Crippen molar-refractivity contribution in [3.05, 3.63) is 0 Å². The molecule has 0 spiro atoms. The summed E-state index contributed by atoms with van der Waals surface area (Å²) in [4.78, 5) is 40.3. The van der Waals surface area contributed by atoms with Crippen LogP contribution in [-0.4, -0.2) is 59.7 Å². The van der Waals surface area contributed by atoms with E-state index in [2.05, 4.69) is 5.32 Å². The lowest BCUT2D eigenvalue weighted by Gasteiger charge is -2.24. The lowest BCUT2D eigenvalue weighted by molar-refractivity contribution is -0.139. The van der Waals surface area contributed by atoms with Crippen LogP contribution in [0.25, 0.3) is 0 Å². The van der Waals surface area contributed by atoms with Crippen LogP contribution in [0.4, 0.5) is 0 Å². The average Bonchev–Trinajstić information content (AvgIpc) is 3.21. The molecular weight excluding hydrogens is 306 g/mol. The van der Waals surface area contributed by atoms with Gasteiger partial charge >= 0.3 is 0 Å². The third-order valence-corrected chi connectivity index (χ3v) is 5.61. The highest BCUT2D eigenvalue weighted by molar-refractivity contribution is 5.86. The van der Waals surface area contributed by atoms with Crippen molar-refractivity contribution in [3.8, 4) is 0 Å². The van der Waals surface area contributed by atoms with Gasteiger partial charge in [-0.3, -0.25) is 14.4 Å². The van der Waals surface area contributed by atoms with Gasteiger partial charge in [0.15, 0.2) is 0 Å². The minimum atomic E-state index is -0.0885. The zero-order chi connectivity index (χ0) is 16.9. The van der Waals surface area contributed by atoms with Crippen LogP contribution in [0, 0.1) is 5.92 Å². The fraction of sp³-hybridized carbons (Fsp3) is 0.833. The molecule has 0 aromatic carbocycles. The number of hydrogen-bond donors (Lipinski definition) is 1. The van der Waals surface area contributed by atoms with Crippen LogP contribution in [0.3, 0.4) is 0 Å². The Labute approximate surface area is 143 Å². The Hall–Kier alpha value is -1.59. The van der Waals surface area contributed by atoms with Gasteiger partial charge in [-0.2, -0.15) is 0 Å². The Kier molecular flexibility index (Phi) is 5.74. The zero-order valence-electron chi connectivity index (χ0n) is 14.5. The number of likely N-dealkylation sites (tertiary alicyclic amines) is 2. The van der Waals surface area contributed by atoms with Crippen LogP contribution in [0.5, 0.6) is 0 Å². The van der Waals surface area contributed by atoms with Crippen LogP contribution in [0.15, 0.2) is 0 Å². The van der Waals surface area contributed by atoms with E-state index in [9.17, 15) is 14.4 Å². The summed E-state index contributed by atoms with van der Waals surface area (Å²) in [5.74, 6) is 0.0921. The Morgan fingerprint density at radius 1 is 1.00 bits per heavy atom. The van der Waals surface area contributed by atoms with Gasteiger partial charge in [0.25, 0.3) is 0 Å². The van der Waals surface area contributed by atoms with E-state index in [1.54, 1.807) is 9.80 Å². The van der Waals surface area contributed by atoms with Crippen LogP contribution in [0.1, 0.15) is 57.8 Å². The van der Waals surface area contributed by atoms with Crippen LogP contribution >= 0.6 is 0 Å². The van der Waals surface area contributed by atoms with Gasteiger partial charge < -0.3 is 15.1 Å². The van der Waals surface area contributed by atoms with Crippen LogP contribution in [-0.2, 0) is 14.4 Å². The summed E-state index contributed by atoms with van der Waals surface area (Å²) in [5.41, 5.74) is 0. The molecule has 2 saturated heterocycles. The third kappa shape index (κ3) is 4.28. The lowest BCUT2D eigenvalue weighted by Crippen LogP contribution is -2.43. The first-order chi connectivity index (χ1) is 11.6. The molecule has 0 aromatic heterocycles. The molecule has 3 amide bonds. The first kappa shape index (κ1) is 17.2. The number of amides is 3. The number of carbonyl (C=O) groups is 3. The summed E-state index contributed by atoms with van der Waals surface area (Å²) in [6.07, 6.45) is 8.81. The van der Waals surface area contributed by atoms with Gasteiger partial charge in [-0.25, -0.2) is 0 Å². The molecule has 2 aliphatic heterocycles. The van der Waals surface area contributed by atoms with Crippen molar-refractivity contribution < 1.29 is 14.4 Å². The molecule has 2 heterocycles. The molecule has 1 aliphatic carbocycles. The van der Waals surface area contributed by atoms with Gasteiger partial charge in [0.1, 0.15) is 0 Å². The number of hydrogen-bond acceptors (Lipinski definition) is 3. The van der Waals surface area contributed by atoms with Crippen LogP contribution < -0.4 is 5.32 Å². The van der Waals surface area contributed by atoms with Gasteiger partial charge in [-0.1, -0.05) is 19.3 Å². The predicted molar refractivity (Wildman–Crippen MR) is 90.1 cm³/mol. The second kappa shape index (κ2) is 7.99. The number of carbonyl (C=O) groups excluding carboxylic acids is 3. The molecule has 3 aliphatic rings. The number of nitrogens with one attached hydrogen (secondary N) is 1. The molecule has 0 bridgehead atoms. The summed E-state index contributed by atoms with van der Waals surface area (Å²) in [6.45, 7) is 1.99. The molecule has 0 unspecified atom stereocenters. The van der Waals surface area contributed by atoms with E-state index in [4.69, 9.17) is 0 Å². The highest BCUT2D eigenvalue weighted by Crippen LogP contribution is 2.21. The molecule has 0 aromatic rings. The second-order valence-corrected chi connectivity index (χ2v) is 7.44. The Bertz CT molecular complexity index is 488. The predicted octanol–water partition coefficient (Wildman–Crippen LogP) is 1.30. The molecule has 3 rings (SSSR count). The van der Waals surface area contributed by atoms with Gasteiger partial charge in [-0.05, 0) is 32.1 Å². The second-order valence-electron chi connectivity index (χ2n) is 7.44. The highest BCUT2D eigenvalue weighted by atomic mass is 16.2.